The van der Waals surface area contributed by atoms with Gasteiger partial charge in [-0.05, 0) is 6.92 Å². The summed E-state index contributed by atoms with van der Waals surface area (Å²) in [4.78, 5) is 22.4. The van der Waals surface area contributed by atoms with Crippen LogP contribution >= 0.6 is 0 Å². The summed E-state index contributed by atoms with van der Waals surface area (Å²) in [5, 5.41) is 0. The van der Waals surface area contributed by atoms with Crippen molar-refractivity contribution in [2.75, 3.05) is 0 Å². The molecule has 0 radical (unpaired) electrons. The number of Topliss-reactive ketones (excluding diaryl/α,β-unsaturated/α-hetero) is 2. The topological polar surface area (TPSA) is 34.1 Å². The third kappa shape index (κ3) is 6.50. The Hall–Kier alpha value is -2.48. The summed E-state index contributed by atoms with van der Waals surface area (Å²) in [7, 11) is 0. The van der Waals surface area contributed by atoms with Gasteiger partial charge in [0.05, 0.1) is 0 Å². The summed E-state index contributed by atoms with van der Waals surface area (Å²) in [6.45, 7) is 3.41. The smallest absolute Gasteiger partial charge is 0.105 e. The SMILES string of the molecule is CC(=Cc1ccccc1)C(=O)[c-]1[cH-][cH-][cH-][cH-]1.CC(=O)[c-]1cccc1.[Fe]. The van der Waals surface area contributed by atoms with Gasteiger partial charge >= 0.3 is 0 Å². The van der Waals surface area contributed by atoms with Crippen LogP contribution in [0.3, 0.4) is 0 Å². The molecule has 0 heterocycles. The first-order chi connectivity index (χ1) is 11.6. The van der Waals surface area contributed by atoms with E-state index in [0.29, 0.717) is 0 Å². The van der Waals surface area contributed by atoms with Crippen LogP contribution in [0.2, 0.25) is 0 Å². The Morgan fingerprint density at radius 3 is 1.96 bits per heavy atom. The molecule has 0 spiro atoms. The Morgan fingerprint density at radius 2 is 1.48 bits per heavy atom. The first-order valence-electron chi connectivity index (χ1n) is 7.80. The Labute approximate surface area is 159 Å². The standard InChI is InChI=1S/C15H13O.C7H7O.Fe/c1-12(11-13-7-3-2-4-8-13)15(16)14-9-5-6-10-14;1-6(8)7-4-2-3-5-7;/h2-11H,1H3;2-5H,1H3;/q-5;-1;. The van der Waals surface area contributed by atoms with Crippen LogP contribution in [0.25, 0.3) is 6.08 Å². The van der Waals surface area contributed by atoms with Crippen LogP contribution in [0.1, 0.15) is 40.1 Å². The normalized spacial score (nSPS) is 10.2. The summed E-state index contributed by atoms with van der Waals surface area (Å²) >= 11 is 0. The van der Waals surface area contributed by atoms with Crippen molar-refractivity contribution in [3.8, 4) is 0 Å². The molecule has 3 heteroatoms. The van der Waals surface area contributed by atoms with Crippen LogP contribution in [-0.4, -0.2) is 11.6 Å². The fourth-order valence-corrected chi connectivity index (χ4v) is 2.23. The molecule has 0 unspecified atom stereocenters. The molecule has 0 aromatic heterocycles. The van der Waals surface area contributed by atoms with E-state index < -0.39 is 0 Å². The van der Waals surface area contributed by atoms with Crippen molar-refractivity contribution in [3.05, 3.63) is 101 Å². The average molecular weight is 372 g/mol. The van der Waals surface area contributed by atoms with Gasteiger partial charge in [0.1, 0.15) is 5.78 Å². The van der Waals surface area contributed by atoms with Gasteiger partial charge in [0, 0.05) is 17.1 Å². The van der Waals surface area contributed by atoms with E-state index in [2.05, 4.69) is 0 Å². The molecule has 25 heavy (non-hydrogen) atoms. The van der Waals surface area contributed by atoms with E-state index >= 15 is 0 Å². The van der Waals surface area contributed by atoms with Crippen molar-refractivity contribution in [2.45, 2.75) is 13.8 Å². The van der Waals surface area contributed by atoms with Gasteiger partial charge in [-0.3, -0.25) is 0 Å². The van der Waals surface area contributed by atoms with Crippen LogP contribution in [0.15, 0.2) is 84.4 Å². The number of allylic oxidation sites excluding steroid dienone is 1. The molecule has 0 atom stereocenters. The Balaban J connectivity index is 0.000000295. The molecular formula is C22H20FeO2-6. The van der Waals surface area contributed by atoms with Gasteiger partial charge in [-0.25, -0.2) is 12.1 Å². The molecule has 0 fully saturated rings. The molecule has 3 aromatic carbocycles. The van der Waals surface area contributed by atoms with Crippen molar-refractivity contribution in [3.63, 3.8) is 0 Å². The molecule has 0 aliphatic heterocycles. The van der Waals surface area contributed by atoms with E-state index in [1.165, 1.54) is 0 Å². The molecule has 0 saturated heterocycles. The first kappa shape index (κ1) is 20.6. The van der Waals surface area contributed by atoms with Gasteiger partial charge < -0.3 is 50.8 Å². The number of hydrogen-bond donors (Lipinski definition) is 0. The van der Waals surface area contributed by atoms with Crippen molar-refractivity contribution < 1.29 is 26.7 Å². The number of benzene rings is 1. The third-order valence-electron chi connectivity index (χ3n) is 3.53. The molecule has 0 aliphatic carbocycles. The van der Waals surface area contributed by atoms with Crippen LogP contribution in [0, 0.1) is 0 Å². The summed E-state index contributed by atoms with van der Waals surface area (Å²) in [5.41, 5.74) is 3.37. The van der Waals surface area contributed by atoms with Crippen molar-refractivity contribution in [1.82, 2.24) is 0 Å². The minimum Gasteiger partial charge on any atom is -0.645 e. The van der Waals surface area contributed by atoms with Crippen molar-refractivity contribution in [1.29, 1.82) is 0 Å². The number of ketones is 2. The van der Waals surface area contributed by atoms with Crippen LogP contribution < -0.4 is 0 Å². The number of carbonyl (C=O) groups is 2. The monoisotopic (exact) mass is 372 g/mol. The summed E-state index contributed by atoms with van der Waals surface area (Å²) in [5.74, 6) is 0.226. The third-order valence-corrected chi connectivity index (χ3v) is 3.53. The van der Waals surface area contributed by atoms with Gasteiger partial charge in [0.15, 0.2) is 0 Å². The summed E-state index contributed by atoms with van der Waals surface area (Å²) < 4.78 is 0. The van der Waals surface area contributed by atoms with Crippen LogP contribution in [-0.2, 0) is 17.1 Å². The van der Waals surface area contributed by atoms with Gasteiger partial charge in [0.25, 0.3) is 0 Å². The maximum atomic E-state index is 11.9. The summed E-state index contributed by atoms with van der Waals surface area (Å²) in [6.07, 6.45) is 1.91. The van der Waals surface area contributed by atoms with Gasteiger partial charge in [-0.2, -0.15) is 25.1 Å². The molecule has 0 N–H and O–H groups in total. The fraction of sp³-hybridized carbons (Fsp3) is 0.0909. The maximum Gasteiger partial charge on any atom is 0.105 e. The fourth-order valence-electron chi connectivity index (χ4n) is 2.23. The zero-order chi connectivity index (χ0) is 17.4. The van der Waals surface area contributed by atoms with E-state index in [-0.39, 0.29) is 28.6 Å². The predicted molar refractivity (Wildman–Crippen MR) is 98.5 cm³/mol. The number of rotatable bonds is 4. The molecule has 0 saturated carbocycles. The van der Waals surface area contributed by atoms with Crippen LogP contribution in [0.4, 0.5) is 0 Å². The van der Waals surface area contributed by atoms with Crippen molar-refractivity contribution in [2.24, 2.45) is 0 Å². The van der Waals surface area contributed by atoms with Crippen molar-refractivity contribution >= 4 is 17.6 Å². The number of carbonyl (C=O) groups excluding carboxylic acids is 2. The van der Waals surface area contributed by atoms with E-state index in [9.17, 15) is 9.59 Å². The van der Waals surface area contributed by atoms with E-state index in [4.69, 9.17) is 0 Å². The first-order valence-corrected chi connectivity index (χ1v) is 7.80. The predicted octanol–water partition coefficient (Wildman–Crippen LogP) is 5.30. The quantitative estimate of drug-likeness (QED) is 0.270. The maximum absolute atomic E-state index is 11.9. The van der Waals surface area contributed by atoms with Gasteiger partial charge in [-0.15, -0.1) is 0 Å². The van der Waals surface area contributed by atoms with Gasteiger partial charge in [0.2, 0.25) is 0 Å². The zero-order valence-corrected chi connectivity index (χ0v) is 15.4. The molecule has 3 rings (SSSR count). The van der Waals surface area contributed by atoms with Crippen LogP contribution in [0.5, 0.6) is 0 Å². The van der Waals surface area contributed by atoms with E-state index in [0.717, 1.165) is 22.3 Å². The molecule has 0 bridgehead atoms. The van der Waals surface area contributed by atoms with E-state index in [1.54, 1.807) is 6.92 Å². The Kier molecular flexibility index (Phi) is 8.55. The molecular weight excluding hydrogens is 352 g/mol. The second-order valence-electron chi connectivity index (χ2n) is 5.47. The molecule has 0 aliphatic rings. The molecule has 3 aromatic rings. The average Bonchev–Trinajstić information content (AvgIpc) is 3.29. The van der Waals surface area contributed by atoms with Gasteiger partial charge in [-0.1, -0.05) is 41.5 Å². The minimum absolute atomic E-state index is 0. The Morgan fingerprint density at radius 1 is 0.920 bits per heavy atom. The number of hydrogen-bond acceptors (Lipinski definition) is 2. The molecule has 134 valence electrons. The van der Waals surface area contributed by atoms with E-state index in [1.807, 2.05) is 91.9 Å². The minimum atomic E-state index is 0. The largest absolute Gasteiger partial charge is 0.645 e. The second-order valence-corrected chi connectivity index (χ2v) is 5.47. The Bertz CT molecular complexity index is 795. The molecule has 0 amide bonds. The second kappa shape index (κ2) is 10.4. The molecule has 2 nitrogen and oxygen atoms in total. The zero-order valence-electron chi connectivity index (χ0n) is 14.3. The summed E-state index contributed by atoms with van der Waals surface area (Å²) in [6, 6.07) is 24.6.